The first-order chi connectivity index (χ1) is 11.8. The molecule has 2 aromatic rings. The molecule has 0 aliphatic carbocycles. The Morgan fingerprint density at radius 3 is 2.79 bits per heavy atom. The zero-order chi connectivity index (χ0) is 16.6. The number of nitrogens with one attached hydrogen (secondary N) is 1. The van der Waals surface area contributed by atoms with Crippen LogP contribution in [0.1, 0.15) is 5.56 Å². The van der Waals surface area contributed by atoms with Gasteiger partial charge in [0.1, 0.15) is 18.2 Å². The maximum atomic E-state index is 9.19. The van der Waals surface area contributed by atoms with Crippen LogP contribution in [-0.4, -0.2) is 54.3 Å². The molecule has 0 bridgehead atoms. The lowest BCUT2D eigenvalue weighted by Gasteiger charge is -2.26. The first-order valence-corrected chi connectivity index (χ1v) is 7.87. The molecule has 0 radical (unpaired) electrons. The summed E-state index contributed by atoms with van der Waals surface area (Å²) in [6, 6.07) is 11.7. The van der Waals surface area contributed by atoms with E-state index in [0.29, 0.717) is 24.0 Å². The van der Waals surface area contributed by atoms with E-state index >= 15 is 0 Å². The number of para-hydroxylation sites is 1. The van der Waals surface area contributed by atoms with Crippen molar-refractivity contribution in [2.75, 3.05) is 44.8 Å². The van der Waals surface area contributed by atoms with Gasteiger partial charge in [0.2, 0.25) is 11.8 Å². The minimum absolute atomic E-state index is 0.305. The van der Waals surface area contributed by atoms with E-state index in [-0.39, 0.29) is 0 Å². The maximum Gasteiger partial charge on any atom is 0.236 e. The first-order valence-electron chi connectivity index (χ1n) is 7.87. The average molecular weight is 325 g/mol. The quantitative estimate of drug-likeness (QED) is 0.867. The fraction of sp³-hybridized carbons (Fsp3) is 0.353. The molecule has 1 aliphatic heterocycles. The highest BCUT2D eigenvalue weighted by Gasteiger charge is 2.12. The molecule has 1 aromatic carbocycles. The molecule has 1 N–H and O–H groups in total. The molecule has 24 heavy (non-hydrogen) atoms. The Morgan fingerprint density at radius 1 is 1.25 bits per heavy atom. The lowest BCUT2D eigenvalue weighted by Crippen LogP contribution is -2.38. The van der Waals surface area contributed by atoms with E-state index in [2.05, 4.69) is 26.3 Å². The average Bonchev–Trinajstić information content (AvgIpc) is 2.64. The normalized spacial score (nSPS) is 14.8. The van der Waals surface area contributed by atoms with Gasteiger partial charge in [-0.1, -0.05) is 18.2 Å². The van der Waals surface area contributed by atoms with Crippen LogP contribution in [0.2, 0.25) is 0 Å². The number of ether oxygens (including phenoxy) is 2. The molecule has 1 aromatic heterocycles. The third kappa shape index (κ3) is 4.41. The van der Waals surface area contributed by atoms with Gasteiger partial charge in [0.05, 0.1) is 19.4 Å². The van der Waals surface area contributed by atoms with Crippen LogP contribution in [0.25, 0.3) is 0 Å². The van der Waals surface area contributed by atoms with Crippen LogP contribution in [0.4, 0.5) is 11.6 Å². The third-order valence-corrected chi connectivity index (χ3v) is 3.65. The second-order valence-corrected chi connectivity index (χ2v) is 5.32. The van der Waals surface area contributed by atoms with Gasteiger partial charge in [-0.05, 0) is 12.1 Å². The number of hydrogen-bond donors (Lipinski definition) is 1. The summed E-state index contributed by atoms with van der Waals surface area (Å²) in [6.45, 7) is 4.55. The lowest BCUT2D eigenvalue weighted by molar-refractivity contribution is 0.0320. The molecule has 0 saturated carbocycles. The van der Waals surface area contributed by atoms with Gasteiger partial charge in [0, 0.05) is 25.3 Å². The summed E-state index contributed by atoms with van der Waals surface area (Å²) in [5.74, 6) is 0.709. The van der Waals surface area contributed by atoms with Gasteiger partial charge in [-0.15, -0.1) is 0 Å². The highest BCUT2D eigenvalue weighted by Crippen LogP contribution is 2.18. The van der Waals surface area contributed by atoms with Crippen molar-refractivity contribution in [2.24, 2.45) is 0 Å². The summed E-state index contributed by atoms with van der Waals surface area (Å²) in [5.41, 5.74) is 1.21. The Labute approximate surface area is 140 Å². The third-order valence-electron chi connectivity index (χ3n) is 3.65. The highest BCUT2D eigenvalue weighted by molar-refractivity contribution is 5.54. The molecule has 1 fully saturated rings. The molecule has 1 aliphatic rings. The van der Waals surface area contributed by atoms with Crippen LogP contribution in [-0.2, 0) is 4.74 Å². The van der Waals surface area contributed by atoms with Gasteiger partial charge in [-0.2, -0.15) is 10.2 Å². The van der Waals surface area contributed by atoms with Crippen LogP contribution in [0.15, 0.2) is 36.5 Å². The van der Waals surface area contributed by atoms with Crippen molar-refractivity contribution >= 4 is 11.6 Å². The number of benzene rings is 1. The smallest absolute Gasteiger partial charge is 0.236 e. The molecular weight excluding hydrogens is 306 g/mol. The van der Waals surface area contributed by atoms with Crippen molar-refractivity contribution in [3.8, 4) is 11.9 Å². The van der Waals surface area contributed by atoms with Crippen molar-refractivity contribution in [1.29, 1.82) is 5.26 Å². The highest BCUT2D eigenvalue weighted by atomic mass is 16.5. The van der Waals surface area contributed by atoms with E-state index in [1.807, 2.05) is 30.3 Å². The molecule has 7 nitrogen and oxygen atoms in total. The topological polar surface area (TPSA) is 83.3 Å². The number of hydrogen-bond acceptors (Lipinski definition) is 7. The van der Waals surface area contributed by atoms with Crippen LogP contribution in [0.3, 0.4) is 0 Å². The molecule has 1 saturated heterocycles. The van der Waals surface area contributed by atoms with E-state index in [1.165, 1.54) is 6.20 Å². The van der Waals surface area contributed by atoms with Crippen LogP contribution >= 0.6 is 0 Å². The number of nitriles is 1. The van der Waals surface area contributed by atoms with E-state index in [4.69, 9.17) is 9.47 Å². The first kappa shape index (κ1) is 16.2. The number of anilines is 2. The predicted octanol–water partition coefficient (Wildman–Crippen LogP) is 1.80. The fourth-order valence-corrected chi connectivity index (χ4v) is 2.36. The van der Waals surface area contributed by atoms with Gasteiger partial charge in [-0.25, -0.2) is 4.98 Å². The predicted molar refractivity (Wildman–Crippen MR) is 89.2 cm³/mol. The monoisotopic (exact) mass is 325 g/mol. The Kier molecular flexibility index (Phi) is 5.56. The van der Waals surface area contributed by atoms with E-state index in [9.17, 15) is 5.26 Å². The fourth-order valence-electron chi connectivity index (χ4n) is 2.36. The molecule has 0 amide bonds. The molecule has 0 atom stereocenters. The van der Waals surface area contributed by atoms with Crippen LogP contribution in [0.5, 0.6) is 5.88 Å². The standard InChI is InChI=1S/C17H19N5O2/c18-12-14-13-19-17(20-15-4-2-1-3-5-15)21-16(14)24-11-8-22-6-9-23-10-7-22/h1-5,13H,6-11H2,(H,19,20,21). The molecular formula is C17H19N5O2. The molecule has 124 valence electrons. The zero-order valence-electron chi connectivity index (χ0n) is 13.3. The molecule has 3 rings (SSSR count). The second-order valence-electron chi connectivity index (χ2n) is 5.32. The van der Waals surface area contributed by atoms with Gasteiger partial charge >= 0.3 is 0 Å². The number of rotatable bonds is 6. The van der Waals surface area contributed by atoms with E-state index in [1.54, 1.807) is 0 Å². The van der Waals surface area contributed by atoms with Gasteiger partial charge < -0.3 is 14.8 Å². The van der Waals surface area contributed by atoms with Gasteiger partial charge in [0.15, 0.2) is 0 Å². The Bertz CT molecular complexity index is 696. The van der Waals surface area contributed by atoms with Gasteiger partial charge in [0.25, 0.3) is 0 Å². The van der Waals surface area contributed by atoms with E-state index < -0.39 is 0 Å². The summed E-state index contributed by atoms with van der Waals surface area (Å²) in [7, 11) is 0. The Balaban J connectivity index is 1.62. The summed E-state index contributed by atoms with van der Waals surface area (Å²) >= 11 is 0. The minimum Gasteiger partial charge on any atom is -0.475 e. The van der Waals surface area contributed by atoms with Crippen molar-refractivity contribution in [1.82, 2.24) is 14.9 Å². The summed E-state index contributed by atoms with van der Waals surface area (Å²) in [6.07, 6.45) is 1.47. The molecule has 7 heteroatoms. The number of morpholine rings is 1. The largest absolute Gasteiger partial charge is 0.475 e. The van der Waals surface area contributed by atoms with E-state index in [0.717, 1.165) is 38.5 Å². The maximum absolute atomic E-state index is 9.19. The summed E-state index contributed by atoms with van der Waals surface area (Å²) in [5, 5.41) is 12.3. The lowest BCUT2D eigenvalue weighted by atomic mass is 10.3. The number of nitrogens with zero attached hydrogens (tertiary/aromatic N) is 4. The zero-order valence-corrected chi connectivity index (χ0v) is 13.3. The summed E-state index contributed by atoms with van der Waals surface area (Å²) in [4.78, 5) is 10.7. The van der Waals surface area contributed by atoms with Gasteiger partial charge in [-0.3, -0.25) is 4.90 Å². The molecule has 2 heterocycles. The Morgan fingerprint density at radius 2 is 2.04 bits per heavy atom. The van der Waals surface area contributed by atoms with Crippen molar-refractivity contribution in [2.45, 2.75) is 0 Å². The Hall–Kier alpha value is -2.69. The van der Waals surface area contributed by atoms with Crippen LogP contribution < -0.4 is 10.1 Å². The molecule has 0 unspecified atom stereocenters. The SMILES string of the molecule is N#Cc1cnc(Nc2ccccc2)nc1OCCN1CCOCC1. The number of aromatic nitrogens is 2. The van der Waals surface area contributed by atoms with Crippen molar-refractivity contribution in [3.63, 3.8) is 0 Å². The molecule has 0 spiro atoms. The van der Waals surface area contributed by atoms with Crippen molar-refractivity contribution < 1.29 is 9.47 Å². The minimum atomic E-state index is 0.305. The van der Waals surface area contributed by atoms with Crippen molar-refractivity contribution in [3.05, 3.63) is 42.1 Å². The second kappa shape index (κ2) is 8.24. The van der Waals surface area contributed by atoms with Crippen LogP contribution in [0, 0.1) is 11.3 Å². The summed E-state index contributed by atoms with van der Waals surface area (Å²) < 4.78 is 11.0.